The van der Waals surface area contributed by atoms with Gasteiger partial charge in [0.15, 0.2) is 0 Å². The van der Waals surface area contributed by atoms with E-state index in [-0.39, 0.29) is 5.91 Å². The summed E-state index contributed by atoms with van der Waals surface area (Å²) >= 11 is 3.33. The Morgan fingerprint density at radius 2 is 2.10 bits per heavy atom. The highest BCUT2D eigenvalue weighted by Crippen LogP contribution is 2.27. The summed E-state index contributed by atoms with van der Waals surface area (Å²) in [7, 11) is 0. The van der Waals surface area contributed by atoms with Gasteiger partial charge in [-0.05, 0) is 42.0 Å². The first-order valence-corrected chi connectivity index (χ1v) is 7.05. The fourth-order valence-electron chi connectivity index (χ4n) is 2.17. The highest BCUT2D eigenvalue weighted by Gasteiger charge is 2.15. The number of carbonyl (C=O) groups is 1. The second-order valence-electron chi connectivity index (χ2n) is 4.61. The third-order valence-electron chi connectivity index (χ3n) is 3.21. The fourth-order valence-corrected chi connectivity index (χ4v) is 2.55. The summed E-state index contributed by atoms with van der Waals surface area (Å²) in [5.41, 5.74) is 8.68. The number of anilines is 2. The number of rotatable bonds is 2. The lowest BCUT2D eigenvalue weighted by Gasteiger charge is -2.09. The molecule has 0 saturated heterocycles. The smallest absolute Gasteiger partial charge is 0.255 e. The van der Waals surface area contributed by atoms with Crippen LogP contribution in [0.2, 0.25) is 0 Å². The maximum atomic E-state index is 12.2. The molecule has 20 heavy (non-hydrogen) atoms. The Balaban J connectivity index is 1.82. The van der Waals surface area contributed by atoms with Gasteiger partial charge in [-0.3, -0.25) is 4.79 Å². The third-order valence-corrected chi connectivity index (χ3v) is 3.71. The van der Waals surface area contributed by atoms with E-state index in [1.165, 1.54) is 0 Å². The monoisotopic (exact) mass is 332 g/mol. The highest BCUT2D eigenvalue weighted by atomic mass is 79.9. The van der Waals surface area contributed by atoms with Crippen LogP contribution in [-0.4, -0.2) is 12.5 Å². The van der Waals surface area contributed by atoms with Gasteiger partial charge in [-0.25, -0.2) is 0 Å². The second kappa shape index (κ2) is 5.17. The van der Waals surface area contributed by atoms with Crippen molar-refractivity contribution in [2.24, 2.45) is 0 Å². The Kier molecular flexibility index (Phi) is 3.36. The first kappa shape index (κ1) is 13.0. The van der Waals surface area contributed by atoms with Gasteiger partial charge in [-0.15, -0.1) is 0 Å². The standard InChI is InChI=1S/C15H13BrN2O2/c16-11-2-3-13(12(17)8-11)18-15(19)10-1-4-14-9(7-10)5-6-20-14/h1-4,7-8H,5-6,17H2,(H,18,19). The average molecular weight is 333 g/mol. The lowest BCUT2D eigenvalue weighted by atomic mass is 10.1. The zero-order valence-electron chi connectivity index (χ0n) is 10.7. The molecule has 0 unspecified atom stereocenters. The van der Waals surface area contributed by atoms with E-state index in [9.17, 15) is 4.79 Å². The zero-order chi connectivity index (χ0) is 14.1. The largest absolute Gasteiger partial charge is 0.493 e. The second-order valence-corrected chi connectivity index (χ2v) is 5.52. The van der Waals surface area contributed by atoms with Gasteiger partial charge < -0.3 is 15.8 Å². The molecule has 0 bridgehead atoms. The number of fused-ring (bicyclic) bond motifs is 1. The van der Waals surface area contributed by atoms with Gasteiger partial charge in [0.25, 0.3) is 5.91 Å². The van der Waals surface area contributed by atoms with Crippen LogP contribution >= 0.6 is 15.9 Å². The minimum Gasteiger partial charge on any atom is -0.493 e. The van der Waals surface area contributed by atoms with E-state index in [0.717, 1.165) is 22.2 Å². The molecule has 3 N–H and O–H groups in total. The van der Waals surface area contributed by atoms with Crippen molar-refractivity contribution in [3.05, 3.63) is 52.0 Å². The molecule has 5 heteroatoms. The summed E-state index contributed by atoms with van der Waals surface area (Å²) in [5.74, 6) is 0.693. The van der Waals surface area contributed by atoms with Gasteiger partial charge in [0, 0.05) is 16.5 Å². The van der Waals surface area contributed by atoms with Gasteiger partial charge in [-0.2, -0.15) is 0 Å². The lowest BCUT2D eigenvalue weighted by molar-refractivity contribution is 0.102. The fraction of sp³-hybridized carbons (Fsp3) is 0.133. The summed E-state index contributed by atoms with van der Waals surface area (Å²) in [5, 5.41) is 2.82. The maximum Gasteiger partial charge on any atom is 0.255 e. The Labute approximate surface area is 125 Å². The van der Waals surface area contributed by atoms with Crippen molar-refractivity contribution in [1.82, 2.24) is 0 Å². The number of halogens is 1. The van der Waals surface area contributed by atoms with Gasteiger partial charge in [0.1, 0.15) is 5.75 Å². The van der Waals surface area contributed by atoms with E-state index in [1.807, 2.05) is 18.2 Å². The molecule has 3 rings (SSSR count). The molecule has 0 aromatic heterocycles. The summed E-state index contributed by atoms with van der Waals surface area (Å²) < 4.78 is 6.30. The number of benzene rings is 2. The Morgan fingerprint density at radius 1 is 1.25 bits per heavy atom. The van der Waals surface area contributed by atoms with E-state index >= 15 is 0 Å². The minimum absolute atomic E-state index is 0.172. The van der Waals surface area contributed by atoms with Gasteiger partial charge >= 0.3 is 0 Å². The molecule has 0 atom stereocenters. The molecular formula is C15H13BrN2O2. The van der Waals surface area contributed by atoms with Gasteiger partial charge in [-0.1, -0.05) is 15.9 Å². The van der Waals surface area contributed by atoms with Crippen molar-refractivity contribution in [2.45, 2.75) is 6.42 Å². The predicted molar refractivity (Wildman–Crippen MR) is 82.1 cm³/mol. The van der Waals surface area contributed by atoms with Gasteiger partial charge in [0.05, 0.1) is 18.0 Å². The zero-order valence-corrected chi connectivity index (χ0v) is 12.2. The number of amides is 1. The minimum atomic E-state index is -0.172. The van der Waals surface area contributed by atoms with Crippen LogP contribution < -0.4 is 15.8 Å². The summed E-state index contributed by atoms with van der Waals surface area (Å²) in [6.07, 6.45) is 0.844. The van der Waals surface area contributed by atoms with E-state index in [1.54, 1.807) is 18.2 Å². The number of nitrogen functional groups attached to an aromatic ring is 1. The Morgan fingerprint density at radius 3 is 2.90 bits per heavy atom. The molecule has 4 nitrogen and oxygen atoms in total. The molecule has 0 spiro atoms. The number of ether oxygens (including phenoxy) is 1. The van der Waals surface area contributed by atoms with Crippen molar-refractivity contribution in [2.75, 3.05) is 17.7 Å². The topological polar surface area (TPSA) is 64.3 Å². The molecule has 1 aliphatic rings. The van der Waals surface area contributed by atoms with Crippen LogP contribution in [-0.2, 0) is 6.42 Å². The molecule has 102 valence electrons. The summed E-state index contributed by atoms with van der Waals surface area (Å²) in [4.78, 5) is 12.2. The molecule has 0 aliphatic carbocycles. The quantitative estimate of drug-likeness (QED) is 0.830. The van der Waals surface area contributed by atoms with Crippen LogP contribution in [0.3, 0.4) is 0 Å². The molecule has 1 heterocycles. The van der Waals surface area contributed by atoms with Crippen LogP contribution in [0.5, 0.6) is 5.75 Å². The number of hydrogen-bond acceptors (Lipinski definition) is 3. The summed E-state index contributed by atoms with van der Waals surface area (Å²) in [6.45, 7) is 0.681. The molecule has 1 aliphatic heterocycles. The number of hydrogen-bond donors (Lipinski definition) is 2. The Bertz CT molecular complexity index is 686. The maximum absolute atomic E-state index is 12.2. The SMILES string of the molecule is Nc1cc(Br)ccc1NC(=O)c1ccc2c(c1)CCO2. The third kappa shape index (κ3) is 2.49. The Hall–Kier alpha value is -2.01. The molecule has 2 aromatic carbocycles. The molecule has 2 aromatic rings. The molecule has 1 amide bonds. The predicted octanol–water partition coefficient (Wildman–Crippen LogP) is 3.22. The van der Waals surface area contributed by atoms with Crippen LogP contribution in [0.4, 0.5) is 11.4 Å². The van der Waals surface area contributed by atoms with Crippen molar-refractivity contribution >= 4 is 33.2 Å². The van der Waals surface area contributed by atoms with Crippen LogP contribution in [0, 0.1) is 0 Å². The van der Waals surface area contributed by atoms with Crippen LogP contribution in [0.15, 0.2) is 40.9 Å². The molecule has 0 fully saturated rings. The summed E-state index contributed by atoms with van der Waals surface area (Å²) in [6, 6.07) is 10.8. The van der Waals surface area contributed by atoms with E-state index in [0.29, 0.717) is 23.5 Å². The number of nitrogens with two attached hydrogens (primary N) is 1. The average Bonchev–Trinajstić information content (AvgIpc) is 2.89. The van der Waals surface area contributed by atoms with Crippen molar-refractivity contribution in [1.29, 1.82) is 0 Å². The molecule has 0 saturated carbocycles. The van der Waals surface area contributed by atoms with Crippen molar-refractivity contribution in [3.8, 4) is 5.75 Å². The van der Waals surface area contributed by atoms with Crippen molar-refractivity contribution < 1.29 is 9.53 Å². The molecule has 0 radical (unpaired) electrons. The number of carbonyl (C=O) groups excluding carboxylic acids is 1. The normalized spacial score (nSPS) is 12.7. The van der Waals surface area contributed by atoms with Gasteiger partial charge in [0.2, 0.25) is 0 Å². The first-order valence-electron chi connectivity index (χ1n) is 6.25. The highest BCUT2D eigenvalue weighted by molar-refractivity contribution is 9.10. The van der Waals surface area contributed by atoms with E-state index in [4.69, 9.17) is 10.5 Å². The van der Waals surface area contributed by atoms with Crippen LogP contribution in [0.25, 0.3) is 0 Å². The molecular weight excluding hydrogens is 320 g/mol. The first-order chi connectivity index (χ1) is 9.63. The van der Waals surface area contributed by atoms with E-state index < -0.39 is 0 Å². The lowest BCUT2D eigenvalue weighted by Crippen LogP contribution is -2.13. The van der Waals surface area contributed by atoms with Crippen LogP contribution in [0.1, 0.15) is 15.9 Å². The van der Waals surface area contributed by atoms with E-state index in [2.05, 4.69) is 21.2 Å². The van der Waals surface area contributed by atoms with Crippen molar-refractivity contribution in [3.63, 3.8) is 0 Å². The number of nitrogens with one attached hydrogen (secondary N) is 1.